The third kappa shape index (κ3) is 4.41. The van der Waals surface area contributed by atoms with E-state index in [1.165, 1.54) is 22.2 Å². The number of ether oxygens (including phenoxy) is 1. The van der Waals surface area contributed by atoms with Crippen LogP contribution in [0.3, 0.4) is 0 Å². The van der Waals surface area contributed by atoms with Gasteiger partial charge >= 0.3 is 0 Å². The number of nitrogens with zero attached hydrogens (tertiary/aromatic N) is 5. The van der Waals surface area contributed by atoms with Gasteiger partial charge in [-0.1, -0.05) is 17.3 Å². The Hall–Kier alpha value is -4.38. The maximum atomic E-state index is 13.2. The van der Waals surface area contributed by atoms with Gasteiger partial charge in [0, 0.05) is 18.0 Å². The number of hydrogen-bond donors (Lipinski definition) is 1. The minimum Gasteiger partial charge on any atom is -0.492 e. The number of hydrogen-bond acceptors (Lipinski definition) is 9. The van der Waals surface area contributed by atoms with Crippen LogP contribution in [0.4, 0.5) is 5.69 Å². The summed E-state index contributed by atoms with van der Waals surface area (Å²) in [5.41, 5.74) is 1.66. The van der Waals surface area contributed by atoms with E-state index in [1.807, 2.05) is 13.0 Å². The molecule has 11 heteroatoms. The number of fused-ring (bicyclic) bond motifs is 1. The standard InChI is InChI=1S/C24H20N6O4S/c1-3-33-17-7-5-4-6-16(17)27-18(31)12-30-13-26-23-19(24(30)32)14(2)20(35-23)22-28-21(29-34-22)15-8-10-25-11-9-15/h4-11,13H,3,12H2,1-2H3,(H,27,31). The summed E-state index contributed by atoms with van der Waals surface area (Å²) in [5.74, 6) is 0.919. The van der Waals surface area contributed by atoms with Gasteiger partial charge in [-0.2, -0.15) is 4.98 Å². The van der Waals surface area contributed by atoms with E-state index >= 15 is 0 Å². The summed E-state index contributed by atoms with van der Waals surface area (Å²) in [4.78, 5) is 40.0. The molecule has 0 bridgehead atoms. The van der Waals surface area contributed by atoms with Crippen LogP contribution in [0.5, 0.6) is 5.75 Å². The van der Waals surface area contributed by atoms with E-state index in [-0.39, 0.29) is 18.0 Å². The smallest absolute Gasteiger partial charge is 0.268 e. The Kier molecular flexibility index (Phi) is 6.06. The lowest BCUT2D eigenvalue weighted by atomic mass is 10.2. The van der Waals surface area contributed by atoms with Crippen molar-refractivity contribution in [1.82, 2.24) is 24.7 Å². The molecule has 5 rings (SSSR count). The van der Waals surface area contributed by atoms with Crippen LogP contribution in [0.1, 0.15) is 12.5 Å². The minimum atomic E-state index is -0.368. The molecule has 176 valence electrons. The first-order valence-electron chi connectivity index (χ1n) is 10.8. The Balaban J connectivity index is 1.42. The highest BCUT2D eigenvalue weighted by molar-refractivity contribution is 7.22. The van der Waals surface area contributed by atoms with Gasteiger partial charge in [0.25, 0.3) is 11.4 Å². The quantitative estimate of drug-likeness (QED) is 0.365. The van der Waals surface area contributed by atoms with E-state index < -0.39 is 0 Å². The number of nitrogens with one attached hydrogen (secondary N) is 1. The first-order valence-corrected chi connectivity index (χ1v) is 11.6. The van der Waals surface area contributed by atoms with Crippen LogP contribution >= 0.6 is 11.3 Å². The number of pyridine rings is 1. The number of rotatable bonds is 7. The normalized spacial score (nSPS) is 11.0. The van der Waals surface area contributed by atoms with Gasteiger partial charge < -0.3 is 14.6 Å². The number of thiophene rings is 1. The van der Waals surface area contributed by atoms with Gasteiger partial charge in [0.05, 0.1) is 28.9 Å². The zero-order valence-electron chi connectivity index (χ0n) is 18.9. The number of carbonyl (C=O) groups excluding carboxylic acids is 1. The number of aromatic nitrogens is 5. The second kappa shape index (κ2) is 9.47. The highest BCUT2D eigenvalue weighted by Crippen LogP contribution is 2.35. The summed E-state index contributed by atoms with van der Waals surface area (Å²) in [6, 6.07) is 10.7. The summed E-state index contributed by atoms with van der Waals surface area (Å²) in [5, 5.41) is 7.25. The zero-order chi connectivity index (χ0) is 24.4. The summed E-state index contributed by atoms with van der Waals surface area (Å²) in [7, 11) is 0. The molecule has 4 heterocycles. The van der Waals surface area contributed by atoms with Gasteiger partial charge in [0.1, 0.15) is 17.1 Å². The molecule has 0 aliphatic rings. The summed E-state index contributed by atoms with van der Waals surface area (Å²) < 4.78 is 12.3. The highest BCUT2D eigenvalue weighted by Gasteiger charge is 2.21. The fourth-order valence-electron chi connectivity index (χ4n) is 3.61. The number of para-hydroxylation sites is 2. The molecule has 0 aliphatic carbocycles. The van der Waals surface area contributed by atoms with E-state index in [9.17, 15) is 9.59 Å². The van der Waals surface area contributed by atoms with Crippen molar-refractivity contribution in [3.05, 3.63) is 71.0 Å². The van der Waals surface area contributed by atoms with Gasteiger partial charge in [0.2, 0.25) is 11.7 Å². The van der Waals surface area contributed by atoms with Crippen LogP contribution in [0.15, 0.2) is 64.4 Å². The fourth-order valence-corrected chi connectivity index (χ4v) is 4.67. The molecule has 1 aromatic carbocycles. The number of anilines is 1. The molecule has 1 N–H and O–H groups in total. The van der Waals surface area contributed by atoms with Gasteiger partial charge in [-0.25, -0.2) is 4.98 Å². The Morgan fingerprint density at radius 1 is 1.20 bits per heavy atom. The van der Waals surface area contributed by atoms with E-state index in [0.29, 0.717) is 50.4 Å². The second-order valence-electron chi connectivity index (χ2n) is 7.55. The largest absolute Gasteiger partial charge is 0.492 e. The Bertz CT molecular complexity index is 1570. The van der Waals surface area contributed by atoms with E-state index in [2.05, 4.69) is 25.4 Å². The highest BCUT2D eigenvalue weighted by atomic mass is 32.1. The average molecular weight is 489 g/mol. The van der Waals surface area contributed by atoms with Crippen molar-refractivity contribution >= 4 is 33.1 Å². The first kappa shape index (κ1) is 22.4. The molecule has 35 heavy (non-hydrogen) atoms. The molecule has 0 atom stereocenters. The van der Waals surface area contributed by atoms with Crippen LogP contribution in [0.25, 0.3) is 32.4 Å². The molecule has 0 aliphatic heterocycles. The van der Waals surface area contributed by atoms with Crippen molar-refractivity contribution in [3.63, 3.8) is 0 Å². The molecule has 0 radical (unpaired) electrons. The number of amides is 1. The van der Waals surface area contributed by atoms with Crippen LogP contribution in [0.2, 0.25) is 0 Å². The summed E-state index contributed by atoms with van der Waals surface area (Å²) >= 11 is 1.29. The number of carbonyl (C=O) groups is 1. The molecular formula is C24H20N6O4S. The lowest BCUT2D eigenvalue weighted by Crippen LogP contribution is -2.28. The van der Waals surface area contributed by atoms with Crippen LogP contribution in [0, 0.1) is 6.92 Å². The number of benzene rings is 1. The topological polar surface area (TPSA) is 125 Å². The molecular weight excluding hydrogens is 468 g/mol. The molecule has 5 aromatic rings. The molecule has 0 unspecified atom stereocenters. The maximum Gasteiger partial charge on any atom is 0.268 e. The lowest BCUT2D eigenvalue weighted by molar-refractivity contribution is -0.116. The third-order valence-corrected chi connectivity index (χ3v) is 6.44. The molecule has 0 fully saturated rings. The molecule has 0 spiro atoms. The molecule has 0 saturated heterocycles. The van der Waals surface area contributed by atoms with Gasteiger partial charge in [0.15, 0.2) is 0 Å². The van der Waals surface area contributed by atoms with Crippen molar-refractivity contribution in [2.45, 2.75) is 20.4 Å². The lowest BCUT2D eigenvalue weighted by Gasteiger charge is -2.11. The fraction of sp³-hybridized carbons (Fsp3) is 0.167. The minimum absolute atomic E-state index is 0.195. The van der Waals surface area contributed by atoms with Crippen LogP contribution in [-0.2, 0) is 11.3 Å². The predicted octanol–water partition coefficient (Wildman–Crippen LogP) is 3.92. The van der Waals surface area contributed by atoms with Gasteiger partial charge in [-0.15, -0.1) is 11.3 Å². The van der Waals surface area contributed by atoms with E-state index in [4.69, 9.17) is 9.26 Å². The Labute approximate surface area is 203 Å². The Morgan fingerprint density at radius 3 is 2.80 bits per heavy atom. The van der Waals surface area contributed by atoms with E-state index in [1.54, 1.807) is 49.6 Å². The Morgan fingerprint density at radius 2 is 2.00 bits per heavy atom. The van der Waals surface area contributed by atoms with E-state index in [0.717, 1.165) is 5.56 Å². The van der Waals surface area contributed by atoms with Crippen LogP contribution < -0.4 is 15.6 Å². The average Bonchev–Trinajstić information content (AvgIpc) is 3.48. The zero-order valence-corrected chi connectivity index (χ0v) is 19.7. The molecule has 0 saturated carbocycles. The molecule has 4 aromatic heterocycles. The number of aryl methyl sites for hydroxylation is 1. The van der Waals surface area contributed by atoms with Crippen molar-refractivity contribution in [1.29, 1.82) is 0 Å². The molecule has 10 nitrogen and oxygen atoms in total. The van der Waals surface area contributed by atoms with Crippen molar-refractivity contribution in [3.8, 4) is 27.9 Å². The SMILES string of the molecule is CCOc1ccccc1NC(=O)Cn1cnc2sc(-c3nc(-c4ccncc4)no3)c(C)c2c1=O. The maximum absolute atomic E-state index is 13.2. The second-order valence-corrected chi connectivity index (χ2v) is 8.55. The van der Waals surface area contributed by atoms with Crippen molar-refractivity contribution in [2.75, 3.05) is 11.9 Å². The third-order valence-electron chi connectivity index (χ3n) is 5.25. The molecule has 1 amide bonds. The van der Waals surface area contributed by atoms with Crippen molar-refractivity contribution < 1.29 is 14.1 Å². The van der Waals surface area contributed by atoms with Gasteiger partial charge in [-0.05, 0) is 43.7 Å². The monoisotopic (exact) mass is 488 g/mol. The van der Waals surface area contributed by atoms with Crippen LogP contribution in [-0.4, -0.2) is 37.2 Å². The first-order chi connectivity index (χ1) is 17.0. The summed E-state index contributed by atoms with van der Waals surface area (Å²) in [6.07, 6.45) is 4.66. The van der Waals surface area contributed by atoms with Gasteiger partial charge in [-0.3, -0.25) is 19.1 Å². The van der Waals surface area contributed by atoms with Crippen molar-refractivity contribution in [2.24, 2.45) is 0 Å². The predicted molar refractivity (Wildman–Crippen MR) is 131 cm³/mol. The summed E-state index contributed by atoms with van der Waals surface area (Å²) in [6.45, 7) is 3.94.